The standard InChI is InChI=1S/C22H24N2O2/c1-14-3-9-20-18(11-14)19-12-15(4-10-21(19)24-20)13-23-22(25)16-5-7-17(26-2)8-6-16/h4-8,10,12,14,24H,3,9,11,13H2,1-2H3,(H,23,25)/t14-/m1/s1. The van der Waals surface area contributed by atoms with Crippen molar-refractivity contribution in [1.29, 1.82) is 0 Å². The molecule has 0 saturated heterocycles. The van der Waals surface area contributed by atoms with Gasteiger partial charge in [-0.3, -0.25) is 4.79 Å². The van der Waals surface area contributed by atoms with Crippen LogP contribution in [0.1, 0.15) is 40.5 Å². The number of fused-ring (bicyclic) bond motifs is 3. The zero-order valence-corrected chi connectivity index (χ0v) is 15.3. The highest BCUT2D eigenvalue weighted by Crippen LogP contribution is 2.32. The number of aromatic nitrogens is 1. The molecule has 0 spiro atoms. The van der Waals surface area contributed by atoms with Crippen LogP contribution in [0.15, 0.2) is 42.5 Å². The Hall–Kier alpha value is -2.75. The van der Waals surface area contributed by atoms with E-state index in [1.54, 1.807) is 31.4 Å². The molecular weight excluding hydrogens is 324 g/mol. The molecule has 134 valence electrons. The summed E-state index contributed by atoms with van der Waals surface area (Å²) in [6.45, 7) is 2.84. The molecule has 0 radical (unpaired) electrons. The van der Waals surface area contributed by atoms with Gasteiger partial charge in [-0.15, -0.1) is 0 Å². The molecule has 1 aliphatic rings. The van der Waals surface area contributed by atoms with Gasteiger partial charge in [-0.05, 0) is 72.7 Å². The summed E-state index contributed by atoms with van der Waals surface area (Å²) < 4.78 is 5.13. The van der Waals surface area contributed by atoms with E-state index in [0.29, 0.717) is 12.1 Å². The summed E-state index contributed by atoms with van der Waals surface area (Å²) in [5.41, 5.74) is 5.81. The predicted molar refractivity (Wildman–Crippen MR) is 104 cm³/mol. The van der Waals surface area contributed by atoms with Crippen LogP contribution < -0.4 is 10.1 Å². The summed E-state index contributed by atoms with van der Waals surface area (Å²) in [6.07, 6.45) is 3.52. The molecule has 0 saturated carbocycles. The Morgan fingerprint density at radius 2 is 2.04 bits per heavy atom. The first-order valence-electron chi connectivity index (χ1n) is 9.18. The Bertz CT molecular complexity index is 941. The van der Waals surface area contributed by atoms with Crippen LogP contribution in [-0.2, 0) is 19.4 Å². The third-order valence-corrected chi connectivity index (χ3v) is 5.30. The summed E-state index contributed by atoms with van der Waals surface area (Å²) >= 11 is 0. The summed E-state index contributed by atoms with van der Waals surface area (Å²) in [7, 11) is 1.62. The van der Waals surface area contributed by atoms with E-state index in [4.69, 9.17) is 4.74 Å². The molecule has 1 aromatic heterocycles. The van der Waals surface area contributed by atoms with Crippen molar-refractivity contribution >= 4 is 16.8 Å². The Labute approximate surface area is 153 Å². The van der Waals surface area contributed by atoms with Gasteiger partial charge in [-0.1, -0.05) is 13.0 Å². The van der Waals surface area contributed by atoms with Crippen molar-refractivity contribution in [2.24, 2.45) is 5.92 Å². The molecule has 1 amide bonds. The van der Waals surface area contributed by atoms with E-state index < -0.39 is 0 Å². The highest BCUT2D eigenvalue weighted by atomic mass is 16.5. The number of carbonyl (C=O) groups is 1. The zero-order chi connectivity index (χ0) is 18.1. The molecule has 3 aromatic rings. The molecule has 1 aliphatic carbocycles. The Morgan fingerprint density at radius 3 is 2.81 bits per heavy atom. The molecule has 0 unspecified atom stereocenters. The fourth-order valence-corrected chi connectivity index (χ4v) is 3.78. The summed E-state index contributed by atoms with van der Waals surface area (Å²) in [6, 6.07) is 13.6. The number of rotatable bonds is 4. The molecular formula is C22H24N2O2. The number of nitrogens with one attached hydrogen (secondary N) is 2. The molecule has 1 heterocycles. The fourth-order valence-electron chi connectivity index (χ4n) is 3.78. The summed E-state index contributed by atoms with van der Waals surface area (Å²) in [5, 5.41) is 4.32. The van der Waals surface area contributed by atoms with E-state index in [0.717, 1.165) is 30.1 Å². The number of ether oxygens (including phenoxy) is 1. The van der Waals surface area contributed by atoms with Gasteiger partial charge < -0.3 is 15.0 Å². The first-order valence-corrected chi connectivity index (χ1v) is 9.18. The van der Waals surface area contributed by atoms with Crippen LogP contribution >= 0.6 is 0 Å². The average Bonchev–Trinajstić information content (AvgIpc) is 3.03. The first kappa shape index (κ1) is 16.7. The van der Waals surface area contributed by atoms with Gasteiger partial charge in [0, 0.05) is 28.7 Å². The number of benzene rings is 2. The third kappa shape index (κ3) is 3.19. The number of carbonyl (C=O) groups excluding carboxylic acids is 1. The molecule has 1 atom stereocenters. The lowest BCUT2D eigenvalue weighted by Crippen LogP contribution is -2.22. The van der Waals surface area contributed by atoms with E-state index >= 15 is 0 Å². The number of hydrogen-bond acceptors (Lipinski definition) is 2. The second kappa shape index (κ2) is 6.87. The minimum atomic E-state index is -0.0718. The van der Waals surface area contributed by atoms with Crippen LogP contribution in [0.5, 0.6) is 5.75 Å². The smallest absolute Gasteiger partial charge is 0.251 e. The van der Waals surface area contributed by atoms with Crippen molar-refractivity contribution in [3.05, 3.63) is 64.8 Å². The fraction of sp³-hybridized carbons (Fsp3) is 0.318. The predicted octanol–water partition coefficient (Wildman–Crippen LogP) is 4.23. The number of aromatic amines is 1. The van der Waals surface area contributed by atoms with E-state index in [1.807, 2.05) is 0 Å². The Kier molecular flexibility index (Phi) is 4.41. The van der Waals surface area contributed by atoms with Crippen molar-refractivity contribution in [1.82, 2.24) is 10.3 Å². The number of methoxy groups -OCH3 is 1. The summed E-state index contributed by atoms with van der Waals surface area (Å²) in [5.74, 6) is 1.41. The molecule has 0 bridgehead atoms. The topological polar surface area (TPSA) is 54.1 Å². The molecule has 4 heteroatoms. The molecule has 4 nitrogen and oxygen atoms in total. The van der Waals surface area contributed by atoms with Gasteiger partial charge in [0.05, 0.1) is 7.11 Å². The maximum atomic E-state index is 12.3. The maximum Gasteiger partial charge on any atom is 0.251 e. The SMILES string of the molecule is COc1ccc(C(=O)NCc2ccc3[nH]c4c(c3c2)C[C@H](C)CC4)cc1. The zero-order valence-electron chi connectivity index (χ0n) is 15.3. The highest BCUT2D eigenvalue weighted by molar-refractivity contribution is 5.94. The Balaban J connectivity index is 1.50. The van der Waals surface area contributed by atoms with E-state index in [-0.39, 0.29) is 5.91 Å². The van der Waals surface area contributed by atoms with Crippen molar-refractivity contribution in [2.75, 3.05) is 7.11 Å². The summed E-state index contributed by atoms with van der Waals surface area (Å²) in [4.78, 5) is 15.9. The minimum Gasteiger partial charge on any atom is -0.497 e. The lowest BCUT2D eigenvalue weighted by atomic mass is 9.87. The average molecular weight is 348 g/mol. The largest absolute Gasteiger partial charge is 0.497 e. The molecule has 26 heavy (non-hydrogen) atoms. The number of amides is 1. The van der Waals surface area contributed by atoms with Crippen LogP contribution in [0, 0.1) is 5.92 Å². The number of hydrogen-bond donors (Lipinski definition) is 2. The molecule has 2 aromatic carbocycles. The van der Waals surface area contributed by atoms with Crippen LogP contribution in [0.25, 0.3) is 10.9 Å². The van der Waals surface area contributed by atoms with Crippen molar-refractivity contribution < 1.29 is 9.53 Å². The molecule has 0 aliphatic heterocycles. The number of aryl methyl sites for hydroxylation is 1. The normalized spacial score (nSPS) is 16.3. The van der Waals surface area contributed by atoms with Crippen LogP contribution in [0.3, 0.4) is 0 Å². The van der Waals surface area contributed by atoms with Gasteiger partial charge in [0.25, 0.3) is 5.91 Å². The lowest BCUT2D eigenvalue weighted by Gasteiger charge is -2.18. The van der Waals surface area contributed by atoms with Crippen molar-refractivity contribution in [3.63, 3.8) is 0 Å². The molecule has 0 fully saturated rings. The van der Waals surface area contributed by atoms with E-state index in [2.05, 4.69) is 35.4 Å². The lowest BCUT2D eigenvalue weighted by molar-refractivity contribution is 0.0951. The van der Waals surface area contributed by atoms with Gasteiger partial charge in [0.15, 0.2) is 0 Å². The molecule has 4 rings (SSSR count). The minimum absolute atomic E-state index is 0.0718. The van der Waals surface area contributed by atoms with Gasteiger partial charge in [0.2, 0.25) is 0 Å². The number of H-pyrrole nitrogens is 1. The van der Waals surface area contributed by atoms with Gasteiger partial charge in [-0.2, -0.15) is 0 Å². The van der Waals surface area contributed by atoms with Crippen LogP contribution in [-0.4, -0.2) is 18.0 Å². The van der Waals surface area contributed by atoms with Gasteiger partial charge in [-0.25, -0.2) is 0 Å². The third-order valence-electron chi connectivity index (χ3n) is 5.30. The van der Waals surface area contributed by atoms with E-state index in [9.17, 15) is 4.79 Å². The van der Waals surface area contributed by atoms with Gasteiger partial charge >= 0.3 is 0 Å². The maximum absolute atomic E-state index is 12.3. The van der Waals surface area contributed by atoms with Crippen LogP contribution in [0.4, 0.5) is 0 Å². The van der Waals surface area contributed by atoms with Gasteiger partial charge in [0.1, 0.15) is 5.75 Å². The second-order valence-corrected chi connectivity index (χ2v) is 7.22. The first-order chi connectivity index (χ1) is 12.6. The quantitative estimate of drug-likeness (QED) is 0.741. The molecule has 2 N–H and O–H groups in total. The Morgan fingerprint density at radius 1 is 1.23 bits per heavy atom. The van der Waals surface area contributed by atoms with E-state index in [1.165, 1.54) is 28.6 Å². The second-order valence-electron chi connectivity index (χ2n) is 7.22. The van der Waals surface area contributed by atoms with Crippen molar-refractivity contribution in [3.8, 4) is 5.75 Å². The van der Waals surface area contributed by atoms with Crippen LogP contribution in [0.2, 0.25) is 0 Å². The van der Waals surface area contributed by atoms with Crippen molar-refractivity contribution in [2.45, 2.75) is 32.7 Å². The highest BCUT2D eigenvalue weighted by Gasteiger charge is 2.19. The monoisotopic (exact) mass is 348 g/mol.